The van der Waals surface area contributed by atoms with Gasteiger partial charge in [0.2, 0.25) is 11.8 Å². The van der Waals surface area contributed by atoms with Gasteiger partial charge in [0.15, 0.2) is 0 Å². The molecule has 0 radical (unpaired) electrons. The molecule has 0 bridgehead atoms. The van der Waals surface area contributed by atoms with Gasteiger partial charge in [-0.05, 0) is 55.8 Å². The van der Waals surface area contributed by atoms with E-state index in [1.165, 1.54) is 6.92 Å². The van der Waals surface area contributed by atoms with E-state index in [1.54, 1.807) is 29.4 Å². The highest BCUT2D eigenvalue weighted by molar-refractivity contribution is 5.91. The summed E-state index contributed by atoms with van der Waals surface area (Å²) < 4.78 is 5.57. The number of carbonyl (C=O) groups excluding carboxylic acids is 2. The van der Waals surface area contributed by atoms with Gasteiger partial charge in [-0.3, -0.25) is 14.6 Å². The molecule has 0 atom stereocenters. The van der Waals surface area contributed by atoms with Crippen molar-refractivity contribution in [2.75, 3.05) is 11.9 Å². The number of aromatic nitrogens is 1. The Labute approximate surface area is 154 Å². The van der Waals surface area contributed by atoms with Crippen LogP contribution in [0.25, 0.3) is 0 Å². The average Bonchev–Trinajstić information content (AvgIpc) is 2.60. The van der Waals surface area contributed by atoms with Crippen molar-refractivity contribution in [3.05, 3.63) is 54.4 Å². The number of hydrogen-bond acceptors (Lipinski definition) is 4. The van der Waals surface area contributed by atoms with Gasteiger partial charge in [-0.25, -0.2) is 0 Å². The van der Waals surface area contributed by atoms with Crippen LogP contribution in [0.3, 0.4) is 0 Å². The summed E-state index contributed by atoms with van der Waals surface area (Å²) in [5, 5.41) is 2.84. The molecule has 1 heterocycles. The first-order valence-corrected chi connectivity index (χ1v) is 8.65. The Kier molecular flexibility index (Phi) is 7.14. The number of rotatable bonds is 8. The fraction of sp³-hybridized carbons (Fsp3) is 0.350. The zero-order chi connectivity index (χ0) is 18.9. The van der Waals surface area contributed by atoms with Gasteiger partial charge in [-0.15, -0.1) is 0 Å². The standard InChI is InChI=1S/C20H25N3O3/c1-15(2)26-19-6-4-18(5-7-19)22-20(25)10-13-23(16(3)24)14-17-8-11-21-12-9-17/h4-9,11-12,15H,10,13-14H2,1-3H3,(H,22,25). The predicted molar refractivity (Wildman–Crippen MR) is 101 cm³/mol. The topological polar surface area (TPSA) is 71.5 Å². The van der Waals surface area contributed by atoms with Crippen LogP contribution in [0, 0.1) is 0 Å². The molecule has 1 N–H and O–H groups in total. The van der Waals surface area contributed by atoms with Crippen molar-refractivity contribution >= 4 is 17.5 Å². The van der Waals surface area contributed by atoms with E-state index in [9.17, 15) is 9.59 Å². The number of nitrogens with zero attached hydrogens (tertiary/aromatic N) is 2. The molecule has 0 fully saturated rings. The van der Waals surface area contributed by atoms with Crippen LogP contribution in [0.2, 0.25) is 0 Å². The third-order valence-electron chi connectivity index (χ3n) is 3.69. The molecule has 2 amide bonds. The van der Waals surface area contributed by atoms with Crippen molar-refractivity contribution in [3.63, 3.8) is 0 Å². The van der Waals surface area contributed by atoms with Gasteiger partial charge in [0.05, 0.1) is 6.10 Å². The van der Waals surface area contributed by atoms with Gasteiger partial charge in [0.25, 0.3) is 0 Å². The predicted octanol–water partition coefficient (Wildman–Crippen LogP) is 3.25. The zero-order valence-corrected chi connectivity index (χ0v) is 15.4. The number of hydrogen-bond donors (Lipinski definition) is 1. The fourth-order valence-corrected chi connectivity index (χ4v) is 2.41. The van der Waals surface area contributed by atoms with Gasteiger partial charge in [0, 0.05) is 44.5 Å². The van der Waals surface area contributed by atoms with Crippen molar-refractivity contribution in [1.82, 2.24) is 9.88 Å². The summed E-state index contributed by atoms with van der Waals surface area (Å²) in [5.41, 5.74) is 1.69. The summed E-state index contributed by atoms with van der Waals surface area (Å²) >= 11 is 0. The minimum atomic E-state index is -0.136. The number of carbonyl (C=O) groups is 2. The third kappa shape index (κ3) is 6.55. The minimum Gasteiger partial charge on any atom is -0.491 e. The van der Waals surface area contributed by atoms with Crippen LogP contribution in [-0.4, -0.2) is 34.3 Å². The Morgan fingerprint density at radius 3 is 2.35 bits per heavy atom. The van der Waals surface area contributed by atoms with Gasteiger partial charge in [-0.1, -0.05) is 0 Å². The summed E-state index contributed by atoms with van der Waals surface area (Å²) in [6, 6.07) is 11.0. The Bertz CT molecular complexity index is 715. The molecule has 1 aromatic carbocycles. The average molecular weight is 355 g/mol. The summed E-state index contributed by atoms with van der Waals surface area (Å²) in [5.74, 6) is 0.561. The maximum Gasteiger partial charge on any atom is 0.226 e. The second-order valence-electron chi connectivity index (χ2n) is 6.29. The number of amides is 2. The molecular weight excluding hydrogens is 330 g/mol. The fourth-order valence-electron chi connectivity index (χ4n) is 2.41. The van der Waals surface area contributed by atoms with Crippen LogP contribution >= 0.6 is 0 Å². The van der Waals surface area contributed by atoms with E-state index in [-0.39, 0.29) is 24.3 Å². The zero-order valence-electron chi connectivity index (χ0n) is 15.4. The molecule has 1 aromatic heterocycles. The molecule has 2 rings (SSSR count). The lowest BCUT2D eigenvalue weighted by atomic mass is 10.2. The molecule has 26 heavy (non-hydrogen) atoms. The van der Waals surface area contributed by atoms with Gasteiger partial charge in [0.1, 0.15) is 5.75 Å². The van der Waals surface area contributed by atoms with E-state index in [2.05, 4.69) is 10.3 Å². The van der Waals surface area contributed by atoms with E-state index in [1.807, 2.05) is 38.1 Å². The summed E-state index contributed by atoms with van der Waals surface area (Å²) in [6.45, 7) is 6.25. The number of pyridine rings is 1. The van der Waals surface area contributed by atoms with E-state index < -0.39 is 0 Å². The second-order valence-corrected chi connectivity index (χ2v) is 6.29. The van der Waals surface area contributed by atoms with Crippen molar-refractivity contribution in [2.24, 2.45) is 0 Å². The monoisotopic (exact) mass is 355 g/mol. The van der Waals surface area contributed by atoms with Gasteiger partial charge >= 0.3 is 0 Å². The molecule has 0 unspecified atom stereocenters. The summed E-state index contributed by atoms with van der Waals surface area (Å²) in [7, 11) is 0. The number of ether oxygens (including phenoxy) is 1. The number of anilines is 1. The quantitative estimate of drug-likeness (QED) is 0.789. The van der Waals surface area contributed by atoms with Crippen LogP contribution in [0.5, 0.6) is 5.75 Å². The van der Waals surface area contributed by atoms with Crippen LogP contribution in [0.4, 0.5) is 5.69 Å². The van der Waals surface area contributed by atoms with E-state index in [0.717, 1.165) is 11.3 Å². The molecule has 138 valence electrons. The van der Waals surface area contributed by atoms with Crippen molar-refractivity contribution in [1.29, 1.82) is 0 Å². The highest BCUT2D eigenvalue weighted by Gasteiger charge is 2.12. The van der Waals surface area contributed by atoms with E-state index in [4.69, 9.17) is 4.74 Å². The first-order chi connectivity index (χ1) is 12.4. The van der Waals surface area contributed by atoms with E-state index in [0.29, 0.717) is 18.8 Å². The molecule has 2 aromatic rings. The first-order valence-electron chi connectivity index (χ1n) is 8.65. The highest BCUT2D eigenvalue weighted by atomic mass is 16.5. The molecule has 0 aliphatic carbocycles. The molecule has 0 saturated heterocycles. The number of nitrogens with one attached hydrogen (secondary N) is 1. The Hall–Kier alpha value is -2.89. The normalized spacial score (nSPS) is 10.5. The van der Waals surface area contributed by atoms with Crippen LogP contribution in [-0.2, 0) is 16.1 Å². The third-order valence-corrected chi connectivity index (χ3v) is 3.69. The van der Waals surface area contributed by atoms with Crippen molar-refractivity contribution in [2.45, 2.75) is 39.8 Å². The maximum absolute atomic E-state index is 12.2. The lowest BCUT2D eigenvalue weighted by Crippen LogP contribution is -2.31. The highest BCUT2D eigenvalue weighted by Crippen LogP contribution is 2.17. The molecule has 0 aliphatic rings. The van der Waals surface area contributed by atoms with Gasteiger partial charge < -0.3 is 15.0 Å². The molecule has 6 nitrogen and oxygen atoms in total. The minimum absolute atomic E-state index is 0.0650. The Morgan fingerprint density at radius 2 is 1.77 bits per heavy atom. The maximum atomic E-state index is 12.2. The lowest BCUT2D eigenvalue weighted by Gasteiger charge is -2.21. The Balaban J connectivity index is 1.85. The Morgan fingerprint density at radius 1 is 1.12 bits per heavy atom. The van der Waals surface area contributed by atoms with E-state index >= 15 is 0 Å². The molecule has 0 saturated carbocycles. The molecular formula is C20H25N3O3. The molecule has 0 aliphatic heterocycles. The van der Waals surface area contributed by atoms with Crippen LogP contribution in [0.1, 0.15) is 32.8 Å². The summed E-state index contributed by atoms with van der Waals surface area (Å²) in [6.07, 6.45) is 3.71. The second kappa shape index (κ2) is 9.56. The largest absolute Gasteiger partial charge is 0.491 e. The van der Waals surface area contributed by atoms with Crippen molar-refractivity contribution in [3.8, 4) is 5.75 Å². The summed E-state index contributed by atoms with van der Waals surface area (Å²) in [4.78, 5) is 29.6. The molecule has 6 heteroatoms. The van der Waals surface area contributed by atoms with Crippen molar-refractivity contribution < 1.29 is 14.3 Å². The van der Waals surface area contributed by atoms with Crippen LogP contribution < -0.4 is 10.1 Å². The van der Waals surface area contributed by atoms with Crippen LogP contribution in [0.15, 0.2) is 48.8 Å². The first kappa shape index (κ1) is 19.4. The lowest BCUT2D eigenvalue weighted by molar-refractivity contribution is -0.129. The number of benzene rings is 1. The molecule has 0 spiro atoms. The SMILES string of the molecule is CC(=O)N(CCC(=O)Nc1ccc(OC(C)C)cc1)Cc1ccncc1. The van der Waals surface area contributed by atoms with Gasteiger partial charge in [-0.2, -0.15) is 0 Å². The smallest absolute Gasteiger partial charge is 0.226 e.